The monoisotopic (exact) mass is 497 g/mol. The number of guanidine groups is 1. The van der Waals surface area contributed by atoms with E-state index >= 15 is 0 Å². The van der Waals surface area contributed by atoms with Crippen molar-refractivity contribution in [2.75, 3.05) is 24.5 Å². The van der Waals surface area contributed by atoms with Gasteiger partial charge in [-0.2, -0.15) is 0 Å². The van der Waals surface area contributed by atoms with Gasteiger partial charge in [0.2, 0.25) is 0 Å². The molecule has 1 aliphatic heterocycles. The average molecular weight is 497 g/mol. The van der Waals surface area contributed by atoms with Crippen LogP contribution in [0.1, 0.15) is 31.0 Å². The van der Waals surface area contributed by atoms with Crippen LogP contribution >= 0.6 is 24.0 Å². The fourth-order valence-electron chi connectivity index (χ4n) is 3.31. The number of aliphatic imine (C=N–C) groups is 1. The third-order valence-corrected chi connectivity index (χ3v) is 4.86. The van der Waals surface area contributed by atoms with Crippen LogP contribution in [-0.4, -0.2) is 36.6 Å². The number of anilines is 1. The fourth-order valence-corrected chi connectivity index (χ4v) is 3.31. The molecule has 1 saturated heterocycles. The minimum Gasteiger partial charge on any atom is -0.371 e. The zero-order chi connectivity index (χ0) is 19.1. The Kier molecular flexibility index (Phi) is 8.95. The second-order valence-electron chi connectivity index (χ2n) is 6.85. The molecule has 1 aliphatic rings. The van der Waals surface area contributed by atoms with Crippen molar-refractivity contribution in [3.05, 3.63) is 59.7 Å². The molecule has 28 heavy (non-hydrogen) atoms. The Balaban J connectivity index is 0.00000280. The van der Waals surface area contributed by atoms with E-state index in [1.165, 1.54) is 6.07 Å². The number of halogens is 2. The molecule has 0 saturated carbocycles. The number of hydrogen-bond donors (Lipinski definition) is 2. The minimum atomic E-state index is -0.181. The Morgan fingerprint density at radius 1 is 1.25 bits per heavy atom. The van der Waals surface area contributed by atoms with Crippen LogP contribution in [0.5, 0.6) is 0 Å². The van der Waals surface area contributed by atoms with E-state index in [-0.39, 0.29) is 29.8 Å². The lowest BCUT2D eigenvalue weighted by Gasteiger charge is -2.34. The summed E-state index contributed by atoms with van der Waals surface area (Å²) in [6.07, 6.45) is 3.79. The molecule has 0 radical (unpaired) electrons. The third-order valence-electron chi connectivity index (χ3n) is 4.86. The van der Waals surface area contributed by atoms with Gasteiger partial charge < -0.3 is 15.5 Å². The molecule has 2 aromatic rings. The average Bonchev–Trinajstić information content (AvgIpc) is 2.68. The van der Waals surface area contributed by atoms with Gasteiger partial charge in [-0.15, -0.1) is 24.0 Å². The molecule has 1 aromatic heterocycles. The van der Waals surface area contributed by atoms with Gasteiger partial charge in [0.1, 0.15) is 5.82 Å². The number of rotatable bonds is 5. The fraction of sp³-hybridized carbons (Fsp3) is 0.429. The summed E-state index contributed by atoms with van der Waals surface area (Å²) in [5.74, 6) is 0.644. The molecule has 0 spiro atoms. The largest absolute Gasteiger partial charge is 0.371 e. The summed E-state index contributed by atoms with van der Waals surface area (Å²) in [6, 6.07) is 11.2. The van der Waals surface area contributed by atoms with E-state index in [4.69, 9.17) is 4.99 Å². The maximum Gasteiger partial charge on any atom is 0.191 e. The summed E-state index contributed by atoms with van der Waals surface area (Å²) >= 11 is 0. The van der Waals surface area contributed by atoms with Crippen molar-refractivity contribution in [1.82, 2.24) is 15.6 Å². The van der Waals surface area contributed by atoms with E-state index in [1.807, 2.05) is 12.1 Å². The van der Waals surface area contributed by atoms with E-state index in [0.29, 0.717) is 12.6 Å². The normalized spacial score (nSPS) is 15.1. The Bertz CT molecular complexity index is 775. The molecule has 1 fully saturated rings. The van der Waals surface area contributed by atoms with Crippen molar-refractivity contribution in [3.8, 4) is 0 Å². The molecule has 0 unspecified atom stereocenters. The Morgan fingerprint density at radius 2 is 2.04 bits per heavy atom. The zero-order valence-corrected chi connectivity index (χ0v) is 18.8. The Hall–Kier alpha value is -1.90. The molecule has 7 heteroatoms. The summed E-state index contributed by atoms with van der Waals surface area (Å²) in [5.41, 5.74) is 3.11. The van der Waals surface area contributed by atoms with Gasteiger partial charge in [0.25, 0.3) is 0 Å². The highest BCUT2D eigenvalue weighted by Gasteiger charge is 2.20. The van der Waals surface area contributed by atoms with Gasteiger partial charge in [0.15, 0.2) is 5.96 Å². The van der Waals surface area contributed by atoms with E-state index in [1.54, 1.807) is 18.3 Å². The molecular formula is C21H29FIN5. The van der Waals surface area contributed by atoms with Crippen molar-refractivity contribution in [1.29, 1.82) is 0 Å². The molecule has 0 atom stereocenters. The second-order valence-corrected chi connectivity index (χ2v) is 6.85. The highest BCUT2D eigenvalue weighted by atomic mass is 127. The predicted octanol–water partition coefficient (Wildman–Crippen LogP) is 3.87. The van der Waals surface area contributed by atoms with Gasteiger partial charge in [-0.1, -0.05) is 12.1 Å². The SMILES string of the molecule is CCNC(=NCc1ncccc1C)NC1CCN(c2cccc(F)c2)CC1.I. The lowest BCUT2D eigenvalue weighted by molar-refractivity contribution is 0.461. The van der Waals surface area contributed by atoms with Crippen LogP contribution in [-0.2, 0) is 6.54 Å². The van der Waals surface area contributed by atoms with Crippen molar-refractivity contribution < 1.29 is 4.39 Å². The van der Waals surface area contributed by atoms with Gasteiger partial charge in [0.05, 0.1) is 12.2 Å². The molecule has 2 heterocycles. The second kappa shape index (κ2) is 11.2. The maximum atomic E-state index is 13.4. The van der Waals surface area contributed by atoms with E-state index in [9.17, 15) is 4.39 Å². The Morgan fingerprint density at radius 3 is 2.71 bits per heavy atom. The van der Waals surface area contributed by atoms with Crippen LogP contribution in [0.25, 0.3) is 0 Å². The van der Waals surface area contributed by atoms with Crippen LogP contribution < -0.4 is 15.5 Å². The number of hydrogen-bond acceptors (Lipinski definition) is 3. The summed E-state index contributed by atoms with van der Waals surface area (Å²) in [7, 11) is 0. The number of nitrogens with zero attached hydrogens (tertiary/aromatic N) is 3. The van der Waals surface area contributed by atoms with E-state index in [2.05, 4.69) is 40.4 Å². The molecule has 3 rings (SSSR count). The number of pyridine rings is 1. The first kappa shape index (κ1) is 22.4. The predicted molar refractivity (Wildman–Crippen MR) is 124 cm³/mol. The molecule has 1 aromatic carbocycles. The molecule has 5 nitrogen and oxygen atoms in total. The quantitative estimate of drug-likeness (QED) is 0.374. The summed E-state index contributed by atoms with van der Waals surface area (Å²) in [6.45, 7) is 7.30. The summed E-state index contributed by atoms with van der Waals surface area (Å²) in [4.78, 5) is 11.3. The Labute approximate surface area is 183 Å². The first-order valence-electron chi connectivity index (χ1n) is 9.61. The first-order chi connectivity index (χ1) is 13.2. The van der Waals surface area contributed by atoms with Crippen molar-refractivity contribution in [2.24, 2.45) is 4.99 Å². The molecular weight excluding hydrogens is 468 g/mol. The number of piperidine rings is 1. The topological polar surface area (TPSA) is 52.6 Å². The number of aryl methyl sites for hydroxylation is 1. The first-order valence-corrected chi connectivity index (χ1v) is 9.61. The van der Waals surface area contributed by atoms with Crippen LogP contribution in [0.2, 0.25) is 0 Å². The van der Waals surface area contributed by atoms with Crippen molar-refractivity contribution in [2.45, 2.75) is 39.3 Å². The van der Waals surface area contributed by atoms with Gasteiger partial charge in [-0.05, 0) is 56.5 Å². The number of nitrogens with one attached hydrogen (secondary N) is 2. The van der Waals surface area contributed by atoms with Crippen LogP contribution in [0.4, 0.5) is 10.1 Å². The standard InChI is InChI=1S/C21H28FN5.HI/c1-3-23-21(25-15-20-16(2)6-5-11-24-20)26-18-9-12-27(13-10-18)19-8-4-7-17(22)14-19;/h4-8,11,14,18H,3,9-10,12-13,15H2,1-2H3,(H2,23,25,26);1H. The molecule has 0 bridgehead atoms. The van der Waals surface area contributed by atoms with Gasteiger partial charge in [-0.3, -0.25) is 4.98 Å². The van der Waals surface area contributed by atoms with Crippen molar-refractivity contribution in [3.63, 3.8) is 0 Å². The lowest BCUT2D eigenvalue weighted by Crippen LogP contribution is -2.48. The smallest absolute Gasteiger partial charge is 0.191 e. The molecule has 2 N–H and O–H groups in total. The highest BCUT2D eigenvalue weighted by Crippen LogP contribution is 2.20. The van der Waals surface area contributed by atoms with Crippen molar-refractivity contribution >= 4 is 35.6 Å². The van der Waals surface area contributed by atoms with Crippen LogP contribution in [0, 0.1) is 12.7 Å². The maximum absolute atomic E-state index is 13.4. The third kappa shape index (κ3) is 6.32. The van der Waals surface area contributed by atoms with Crippen LogP contribution in [0.3, 0.4) is 0 Å². The van der Waals surface area contributed by atoms with Gasteiger partial charge in [0, 0.05) is 37.6 Å². The zero-order valence-electron chi connectivity index (χ0n) is 16.5. The van der Waals surface area contributed by atoms with Crippen LogP contribution in [0.15, 0.2) is 47.6 Å². The highest BCUT2D eigenvalue weighted by molar-refractivity contribution is 14.0. The molecule has 0 aliphatic carbocycles. The summed E-state index contributed by atoms with van der Waals surface area (Å²) < 4.78 is 13.4. The minimum absolute atomic E-state index is 0. The number of aromatic nitrogens is 1. The molecule has 0 amide bonds. The number of benzene rings is 1. The van der Waals surface area contributed by atoms with Gasteiger partial charge in [-0.25, -0.2) is 9.38 Å². The van der Waals surface area contributed by atoms with E-state index in [0.717, 1.165) is 55.4 Å². The lowest BCUT2D eigenvalue weighted by atomic mass is 10.0. The molecule has 152 valence electrons. The van der Waals surface area contributed by atoms with E-state index < -0.39 is 0 Å². The summed E-state index contributed by atoms with van der Waals surface area (Å²) in [5, 5.41) is 6.86. The van der Waals surface area contributed by atoms with Gasteiger partial charge >= 0.3 is 0 Å².